The lowest BCUT2D eigenvalue weighted by molar-refractivity contribution is -0.141. The Labute approximate surface area is 111 Å². The highest BCUT2D eigenvalue weighted by Crippen LogP contribution is 1.93. The molecule has 0 aromatic carbocycles. The molecule has 0 saturated carbocycles. The monoisotopic (exact) mass is 275 g/mol. The Kier molecular flexibility index (Phi) is 7.50. The first-order chi connectivity index (χ1) is 8.83. The summed E-state index contributed by atoms with van der Waals surface area (Å²) in [5, 5.41) is 22.3. The highest BCUT2D eigenvalue weighted by molar-refractivity contribution is 5.86. The van der Waals surface area contributed by atoms with Crippen molar-refractivity contribution in [2.75, 3.05) is 19.6 Å². The quantitative estimate of drug-likeness (QED) is 0.474. The van der Waals surface area contributed by atoms with Crippen molar-refractivity contribution in [2.45, 2.75) is 32.9 Å². The number of carboxylic acids is 1. The van der Waals surface area contributed by atoms with E-state index in [1.54, 1.807) is 0 Å². The molecule has 0 bridgehead atoms. The first-order valence-electron chi connectivity index (χ1n) is 6.06. The molecule has 19 heavy (non-hydrogen) atoms. The SMILES string of the molecule is CCN(CC)C(=O)CNC(=O)N[C@H](C(=O)O)[C@@H](C)O. The van der Waals surface area contributed by atoms with E-state index in [1.165, 1.54) is 11.8 Å². The molecular weight excluding hydrogens is 254 g/mol. The minimum Gasteiger partial charge on any atom is -0.480 e. The van der Waals surface area contributed by atoms with Crippen LogP contribution in [-0.2, 0) is 9.59 Å². The molecule has 0 unspecified atom stereocenters. The summed E-state index contributed by atoms with van der Waals surface area (Å²) in [5.41, 5.74) is 0. The second-order valence-corrected chi connectivity index (χ2v) is 3.95. The van der Waals surface area contributed by atoms with Crippen molar-refractivity contribution in [2.24, 2.45) is 0 Å². The van der Waals surface area contributed by atoms with Gasteiger partial charge in [-0.15, -0.1) is 0 Å². The number of nitrogens with zero attached hydrogens (tertiary/aromatic N) is 1. The second-order valence-electron chi connectivity index (χ2n) is 3.95. The normalized spacial score (nSPS) is 13.3. The van der Waals surface area contributed by atoms with Crippen LogP contribution in [0.2, 0.25) is 0 Å². The molecule has 0 aliphatic carbocycles. The number of carboxylic acid groups (broad SMARTS) is 1. The van der Waals surface area contributed by atoms with Crippen molar-refractivity contribution in [1.82, 2.24) is 15.5 Å². The summed E-state index contributed by atoms with van der Waals surface area (Å²) in [5.74, 6) is -1.61. The summed E-state index contributed by atoms with van der Waals surface area (Å²) in [6.45, 7) is 5.72. The molecule has 0 aromatic rings. The number of rotatable bonds is 7. The van der Waals surface area contributed by atoms with E-state index in [2.05, 4.69) is 10.6 Å². The first-order valence-corrected chi connectivity index (χ1v) is 6.06. The summed E-state index contributed by atoms with van der Waals surface area (Å²) < 4.78 is 0. The van der Waals surface area contributed by atoms with Gasteiger partial charge in [0.1, 0.15) is 0 Å². The van der Waals surface area contributed by atoms with Crippen molar-refractivity contribution in [1.29, 1.82) is 0 Å². The Morgan fingerprint density at radius 3 is 2.11 bits per heavy atom. The van der Waals surface area contributed by atoms with Crippen LogP contribution in [0.1, 0.15) is 20.8 Å². The Bertz CT molecular complexity index is 328. The maximum Gasteiger partial charge on any atom is 0.328 e. The minimum atomic E-state index is -1.41. The number of likely N-dealkylation sites (N-methyl/N-ethyl adjacent to an activating group) is 1. The van der Waals surface area contributed by atoms with Crippen LogP contribution in [-0.4, -0.2) is 64.8 Å². The van der Waals surface area contributed by atoms with Gasteiger partial charge in [-0.05, 0) is 20.8 Å². The number of aliphatic carboxylic acids is 1. The smallest absolute Gasteiger partial charge is 0.328 e. The zero-order valence-corrected chi connectivity index (χ0v) is 11.3. The molecule has 3 amide bonds. The number of carbonyl (C=O) groups is 3. The van der Waals surface area contributed by atoms with Crippen molar-refractivity contribution in [3.63, 3.8) is 0 Å². The summed E-state index contributed by atoms with van der Waals surface area (Å²) >= 11 is 0. The highest BCUT2D eigenvalue weighted by atomic mass is 16.4. The number of carbonyl (C=O) groups excluding carboxylic acids is 2. The fourth-order valence-corrected chi connectivity index (χ4v) is 1.42. The molecular formula is C11H21N3O5. The summed E-state index contributed by atoms with van der Waals surface area (Å²) in [6.07, 6.45) is -1.23. The predicted molar refractivity (Wildman–Crippen MR) is 67.6 cm³/mol. The molecule has 110 valence electrons. The first kappa shape index (κ1) is 17.2. The van der Waals surface area contributed by atoms with Crippen LogP contribution in [0.15, 0.2) is 0 Å². The third kappa shape index (κ3) is 6.05. The lowest BCUT2D eigenvalue weighted by Gasteiger charge is -2.20. The van der Waals surface area contributed by atoms with Crippen LogP contribution in [0.25, 0.3) is 0 Å². The molecule has 0 saturated heterocycles. The Balaban J connectivity index is 4.25. The second kappa shape index (κ2) is 8.30. The molecule has 8 heteroatoms. The van der Waals surface area contributed by atoms with E-state index < -0.39 is 24.1 Å². The molecule has 2 atom stereocenters. The Hall–Kier alpha value is -1.83. The molecule has 4 N–H and O–H groups in total. The Morgan fingerprint density at radius 2 is 1.74 bits per heavy atom. The minimum absolute atomic E-state index is 0.223. The van der Waals surface area contributed by atoms with Gasteiger partial charge in [-0.2, -0.15) is 0 Å². The molecule has 8 nitrogen and oxygen atoms in total. The zero-order valence-electron chi connectivity index (χ0n) is 11.3. The van der Waals surface area contributed by atoms with Gasteiger partial charge < -0.3 is 25.7 Å². The lowest BCUT2D eigenvalue weighted by atomic mass is 10.2. The van der Waals surface area contributed by atoms with E-state index in [-0.39, 0.29) is 12.5 Å². The fourth-order valence-electron chi connectivity index (χ4n) is 1.42. The van der Waals surface area contributed by atoms with E-state index in [0.29, 0.717) is 13.1 Å². The fraction of sp³-hybridized carbons (Fsp3) is 0.727. The predicted octanol–water partition coefficient (Wildman–Crippen LogP) is -1.01. The maximum atomic E-state index is 11.6. The van der Waals surface area contributed by atoms with Gasteiger partial charge in [-0.3, -0.25) is 4.79 Å². The summed E-state index contributed by atoms with van der Waals surface area (Å²) in [6, 6.07) is -2.22. The Morgan fingerprint density at radius 1 is 1.21 bits per heavy atom. The number of urea groups is 1. The lowest BCUT2D eigenvalue weighted by Crippen LogP contribution is -2.52. The van der Waals surface area contributed by atoms with Crippen molar-refractivity contribution in [3.05, 3.63) is 0 Å². The van der Waals surface area contributed by atoms with Gasteiger partial charge in [0, 0.05) is 13.1 Å². The number of aliphatic hydroxyl groups is 1. The largest absolute Gasteiger partial charge is 0.480 e. The van der Waals surface area contributed by atoms with E-state index in [1.807, 2.05) is 13.8 Å². The molecule has 0 aliphatic rings. The van der Waals surface area contributed by atoms with Crippen LogP contribution >= 0.6 is 0 Å². The average Bonchev–Trinajstić information content (AvgIpc) is 2.34. The van der Waals surface area contributed by atoms with Crippen molar-refractivity contribution < 1.29 is 24.6 Å². The molecule has 0 rings (SSSR count). The van der Waals surface area contributed by atoms with E-state index in [9.17, 15) is 19.5 Å². The van der Waals surface area contributed by atoms with E-state index in [4.69, 9.17) is 5.11 Å². The maximum absolute atomic E-state index is 11.6. The van der Waals surface area contributed by atoms with Crippen LogP contribution < -0.4 is 10.6 Å². The van der Waals surface area contributed by atoms with Gasteiger partial charge in [0.05, 0.1) is 12.6 Å². The number of hydrogen-bond acceptors (Lipinski definition) is 4. The van der Waals surface area contributed by atoms with Crippen LogP contribution in [0.5, 0.6) is 0 Å². The third-order valence-corrected chi connectivity index (χ3v) is 2.55. The van der Waals surface area contributed by atoms with Gasteiger partial charge >= 0.3 is 12.0 Å². The third-order valence-electron chi connectivity index (χ3n) is 2.55. The summed E-state index contributed by atoms with van der Waals surface area (Å²) in [4.78, 5) is 35.2. The topological polar surface area (TPSA) is 119 Å². The van der Waals surface area contributed by atoms with Gasteiger partial charge in [-0.1, -0.05) is 0 Å². The van der Waals surface area contributed by atoms with E-state index >= 15 is 0 Å². The van der Waals surface area contributed by atoms with Crippen molar-refractivity contribution in [3.8, 4) is 0 Å². The molecule has 0 aromatic heterocycles. The van der Waals surface area contributed by atoms with E-state index in [0.717, 1.165) is 0 Å². The molecule has 0 radical (unpaired) electrons. The van der Waals surface area contributed by atoms with Crippen molar-refractivity contribution >= 4 is 17.9 Å². The molecule has 0 fully saturated rings. The number of amides is 3. The average molecular weight is 275 g/mol. The summed E-state index contributed by atoms with van der Waals surface area (Å²) in [7, 11) is 0. The molecule has 0 aliphatic heterocycles. The van der Waals surface area contributed by atoms with Gasteiger partial charge in [0.2, 0.25) is 5.91 Å². The van der Waals surface area contributed by atoms with Gasteiger partial charge in [-0.25, -0.2) is 9.59 Å². The van der Waals surface area contributed by atoms with Crippen LogP contribution in [0.4, 0.5) is 4.79 Å². The molecule has 0 spiro atoms. The number of hydrogen-bond donors (Lipinski definition) is 4. The zero-order chi connectivity index (χ0) is 15.0. The van der Waals surface area contributed by atoms with Gasteiger partial charge in [0.15, 0.2) is 6.04 Å². The van der Waals surface area contributed by atoms with Crippen LogP contribution in [0, 0.1) is 0 Å². The highest BCUT2D eigenvalue weighted by Gasteiger charge is 2.25. The van der Waals surface area contributed by atoms with Crippen LogP contribution in [0.3, 0.4) is 0 Å². The number of nitrogens with one attached hydrogen (secondary N) is 2. The standard InChI is InChI=1S/C11H21N3O5/c1-4-14(5-2)8(16)6-12-11(19)13-9(7(3)15)10(17)18/h7,9,15H,4-6H2,1-3H3,(H,17,18)(H2,12,13,19)/t7-,9+/m1/s1. The number of aliphatic hydroxyl groups excluding tert-OH is 1. The van der Waals surface area contributed by atoms with Gasteiger partial charge in [0.25, 0.3) is 0 Å². The molecule has 0 heterocycles.